The van der Waals surface area contributed by atoms with Gasteiger partial charge in [-0.1, -0.05) is 163 Å². The minimum atomic E-state index is -1.92. The topological polar surface area (TPSA) is 525 Å². The number of aliphatic carboxylic acids is 1. The number of phenols is 2. The van der Waals surface area contributed by atoms with Crippen molar-refractivity contribution in [3.8, 4) is 11.5 Å². The molecule has 0 saturated carbocycles. The molecule has 1 aliphatic heterocycles. The number of carboxylic acids is 1. The number of benzene rings is 6. The van der Waals surface area contributed by atoms with Gasteiger partial charge >= 0.3 is 5.97 Å². The third-order valence-electron chi connectivity index (χ3n) is 22.4. The predicted octanol–water partition coefficient (Wildman–Crippen LogP) is 2.47. The van der Waals surface area contributed by atoms with Crippen LogP contribution in [0.5, 0.6) is 11.5 Å². The number of H-pyrrole nitrogens is 2. The van der Waals surface area contributed by atoms with Crippen LogP contribution in [0.3, 0.4) is 0 Å². The molecule has 0 aliphatic carbocycles. The van der Waals surface area contributed by atoms with Crippen molar-refractivity contribution in [1.29, 1.82) is 0 Å². The van der Waals surface area contributed by atoms with Crippen molar-refractivity contribution in [2.75, 3.05) is 59.3 Å². The summed E-state index contributed by atoms with van der Waals surface area (Å²) < 4.78 is 0. The highest BCUT2D eigenvalue weighted by Gasteiger charge is 2.42. The summed E-state index contributed by atoms with van der Waals surface area (Å²) in [6.45, 7) is 6.12. The number of unbranched alkanes of at least 4 members (excludes halogenated alkanes) is 1. The lowest BCUT2D eigenvalue weighted by atomic mass is 9.98. The number of carboxylic acid groups (broad SMARTS) is 1. The summed E-state index contributed by atoms with van der Waals surface area (Å²) in [7, 11) is 5.24. The Morgan fingerprint density at radius 2 is 0.924 bits per heavy atom. The third-order valence-corrected chi connectivity index (χ3v) is 23.5. The van der Waals surface area contributed by atoms with E-state index in [-0.39, 0.29) is 74.5 Å². The van der Waals surface area contributed by atoms with Crippen LogP contribution in [0.15, 0.2) is 170 Å². The van der Waals surface area contributed by atoms with Crippen molar-refractivity contribution < 1.29 is 92.0 Å². The SMILES string of the molecule is CCCC[C@H]1C(=O)N(C)CC(=O)N[C@@H](CC(=O)O)C(=O)N[C@@H](C(C)C)C(=O)NC(Cc2cccc3[nH]ccc23)C(=O)N[C@@H](Cc2ccc(O)cc2)C(=O)N(C)CC(=O)N[C@@H](Cc2c[nH]c3ccccc23)C(=O)N[C@@H](Cc2ccc(O)cc2)C(=O)N[C@@H](CC(C)C)C(=O)N[C@H](C(=O)NCC(N)=O)CSCC(=O)N[C@@H](Cc2ccccc2)C(=O)N(C)[C@@H](Cc2ccccc2)C(=O)N1C. The summed E-state index contributed by atoms with van der Waals surface area (Å²) in [5.74, 6) is -17.7. The van der Waals surface area contributed by atoms with E-state index in [1.54, 1.807) is 149 Å². The first-order valence-corrected chi connectivity index (χ1v) is 44.4. The number of hydrogen-bond acceptors (Lipinski definition) is 19. The molecular formula is C94H117N17O19S. The van der Waals surface area contributed by atoms with Crippen LogP contribution in [-0.4, -0.2) is 265 Å². The highest BCUT2D eigenvalue weighted by atomic mass is 32.2. The van der Waals surface area contributed by atoms with E-state index in [0.29, 0.717) is 68.0 Å². The molecule has 131 heavy (non-hydrogen) atoms. The third kappa shape index (κ3) is 29.7. The molecule has 3 heterocycles. The summed E-state index contributed by atoms with van der Waals surface area (Å²) in [5, 5.41) is 59.0. The number of aromatic hydroxyl groups is 2. The Morgan fingerprint density at radius 3 is 1.51 bits per heavy atom. The lowest BCUT2D eigenvalue weighted by Gasteiger charge is -2.37. The van der Waals surface area contributed by atoms with E-state index in [1.807, 2.05) is 6.92 Å². The number of nitrogens with two attached hydrogens (primary N) is 1. The largest absolute Gasteiger partial charge is 0.508 e. The Labute approximate surface area is 762 Å². The molecule has 15 amide bonds. The van der Waals surface area contributed by atoms with E-state index >= 15 is 38.4 Å². The predicted molar refractivity (Wildman–Crippen MR) is 489 cm³/mol. The zero-order valence-corrected chi connectivity index (χ0v) is 75.4. The standard InChI is InChI=1S/C94H117N17O19S/c1-10-11-29-76-93(129)109(7)51-80(116)100-72(47-82(118)119)89(125)107-83(55(4)5)90(126)104-71(45-60-25-20-28-66-65(60)38-39-96-66)88(124)105-73(43-59-32-36-63(113)37-33-59)91(127)108(6)50-79(115)99-70(46-61-48-97-67-27-19-18-26-64(61)67)87(123)103-69(41-58-30-34-62(112)35-31-58)86(122)102-68(40-54(2)3)85(121)106-75(84(120)98-49-78(95)114)52-131-53-81(117)101-74(42-56-21-14-12-15-22-56)92(128)111(9)77(94(130)110(76)8)44-57-23-16-13-17-24-57/h12-28,30-39,48,54-55,68-77,83,96-97,112-113H,10-11,29,40-47,49-53H2,1-9H3,(H2,95,114)(H,98,120)(H,99,115)(H,100,116)(H,101,117)(H,102,122)(H,103,123)(H,104,126)(H,105,124)(H,106,121)(H,107,125)(H,118,119)/t68-,69-,70-,71?,72-,73-,74-,75-,76-,77-,83-/m0/s1. The molecule has 698 valence electrons. The number of aromatic amines is 2. The number of nitrogens with one attached hydrogen (secondary N) is 12. The molecule has 1 unspecified atom stereocenters. The summed E-state index contributed by atoms with van der Waals surface area (Å²) >= 11 is 0.828. The number of thioether (sulfide) groups is 1. The minimum Gasteiger partial charge on any atom is -0.508 e. The molecular weight excluding hydrogens is 1700 g/mol. The first-order valence-electron chi connectivity index (χ1n) is 43.3. The molecule has 9 rings (SSSR count). The van der Waals surface area contributed by atoms with Crippen LogP contribution >= 0.6 is 11.8 Å². The normalized spacial score (nSPS) is 21.7. The van der Waals surface area contributed by atoms with Gasteiger partial charge in [-0.2, -0.15) is 0 Å². The molecule has 0 spiro atoms. The molecule has 1 aliphatic rings. The maximum Gasteiger partial charge on any atom is 0.305 e. The number of hydrogen-bond donors (Lipinski definition) is 16. The average Bonchev–Trinajstić information content (AvgIpc) is 1.48. The number of rotatable bonds is 23. The van der Waals surface area contributed by atoms with Gasteiger partial charge in [-0.3, -0.25) is 76.7 Å². The average molecular weight is 1820 g/mol. The van der Waals surface area contributed by atoms with Crippen LogP contribution in [-0.2, 0) is 115 Å². The zero-order chi connectivity index (χ0) is 95.3. The Kier molecular flexibility index (Phi) is 37.1. The van der Waals surface area contributed by atoms with Crippen LogP contribution in [0.1, 0.15) is 100 Å². The quantitative estimate of drug-likeness (QED) is 0.0437. The van der Waals surface area contributed by atoms with Crippen molar-refractivity contribution in [2.45, 2.75) is 172 Å². The molecule has 2 aromatic heterocycles. The fourth-order valence-corrected chi connectivity index (χ4v) is 16.2. The Bertz CT molecular complexity index is 5360. The molecule has 1 fully saturated rings. The van der Waals surface area contributed by atoms with E-state index in [9.17, 15) is 53.7 Å². The number of phenolic OH excluding ortho intramolecular Hbond substituents is 2. The lowest BCUT2D eigenvalue weighted by Crippen LogP contribution is -2.61. The fourth-order valence-electron chi connectivity index (χ4n) is 15.4. The van der Waals surface area contributed by atoms with E-state index in [2.05, 4.69) is 63.1 Å². The maximum absolute atomic E-state index is 15.5. The second kappa shape index (κ2) is 48.3. The monoisotopic (exact) mass is 1820 g/mol. The summed E-state index contributed by atoms with van der Waals surface area (Å²) in [4.78, 5) is 246. The van der Waals surface area contributed by atoms with Crippen LogP contribution in [0.25, 0.3) is 21.8 Å². The number of para-hydroxylation sites is 1. The molecule has 6 aromatic carbocycles. The smallest absolute Gasteiger partial charge is 0.305 e. The second-order valence-electron chi connectivity index (χ2n) is 33.5. The van der Waals surface area contributed by atoms with Gasteiger partial charge < -0.3 is 104 Å². The number of nitrogens with zero attached hydrogens (tertiary/aromatic N) is 4. The van der Waals surface area contributed by atoms with Gasteiger partial charge in [0.1, 0.15) is 78.0 Å². The molecule has 11 atom stereocenters. The number of aromatic nitrogens is 2. The molecule has 37 heteroatoms. The van der Waals surface area contributed by atoms with Crippen LogP contribution in [0.2, 0.25) is 0 Å². The minimum absolute atomic E-state index is 0.0260. The van der Waals surface area contributed by atoms with E-state index in [4.69, 9.17) is 5.73 Å². The fraction of sp³-hybridized carbons (Fsp3) is 0.404. The first-order chi connectivity index (χ1) is 62.4. The highest BCUT2D eigenvalue weighted by molar-refractivity contribution is 8.00. The molecule has 0 bridgehead atoms. The van der Waals surface area contributed by atoms with Crippen molar-refractivity contribution in [2.24, 2.45) is 17.6 Å². The molecule has 0 radical (unpaired) electrons. The van der Waals surface area contributed by atoms with Crippen LogP contribution in [0.4, 0.5) is 0 Å². The number of fused-ring (bicyclic) bond motifs is 2. The molecule has 8 aromatic rings. The van der Waals surface area contributed by atoms with Gasteiger partial charge in [-0.05, 0) is 101 Å². The Balaban J connectivity index is 1.11. The zero-order valence-electron chi connectivity index (χ0n) is 74.6. The van der Waals surface area contributed by atoms with Gasteiger partial charge in [0, 0.05) is 107 Å². The van der Waals surface area contributed by atoms with Crippen LogP contribution < -0.4 is 58.9 Å². The molecule has 36 nitrogen and oxygen atoms in total. The van der Waals surface area contributed by atoms with Gasteiger partial charge in [0.2, 0.25) is 88.6 Å². The number of carbonyl (C=O) groups excluding carboxylic acids is 15. The van der Waals surface area contributed by atoms with Crippen molar-refractivity contribution in [3.63, 3.8) is 0 Å². The summed E-state index contributed by atoms with van der Waals surface area (Å²) in [5.41, 5.74) is 9.73. The molecule has 17 N–H and O–H groups in total. The number of likely N-dealkylation sites (N-methyl/N-ethyl adjacent to an activating group) is 4. The summed E-state index contributed by atoms with van der Waals surface area (Å²) in [6, 6.07) is 25.5. The first kappa shape index (κ1) is 101. The van der Waals surface area contributed by atoms with Gasteiger partial charge in [-0.25, -0.2) is 0 Å². The van der Waals surface area contributed by atoms with Crippen molar-refractivity contribution in [3.05, 3.63) is 203 Å². The summed E-state index contributed by atoms with van der Waals surface area (Å²) in [6.07, 6.45) is 1.64. The number of amides is 15. The van der Waals surface area contributed by atoms with Gasteiger partial charge in [0.25, 0.3) is 0 Å². The Morgan fingerprint density at radius 1 is 0.458 bits per heavy atom. The maximum atomic E-state index is 15.5. The Hall–Kier alpha value is -14.1. The van der Waals surface area contributed by atoms with E-state index < -0.39 is 199 Å². The van der Waals surface area contributed by atoms with E-state index in [0.717, 1.165) is 21.6 Å². The number of carbonyl (C=O) groups is 16. The van der Waals surface area contributed by atoms with Gasteiger partial charge in [-0.15, -0.1) is 11.8 Å². The lowest BCUT2D eigenvalue weighted by molar-refractivity contribution is -0.151. The van der Waals surface area contributed by atoms with Crippen molar-refractivity contribution >= 4 is 128 Å². The van der Waals surface area contributed by atoms with Crippen LogP contribution in [0, 0.1) is 11.8 Å². The highest BCUT2D eigenvalue weighted by Crippen LogP contribution is 2.25. The second-order valence-corrected chi connectivity index (χ2v) is 34.6. The number of primary amides is 1. The van der Waals surface area contributed by atoms with E-state index in [1.165, 1.54) is 86.5 Å². The van der Waals surface area contributed by atoms with Gasteiger partial charge in [0.15, 0.2) is 0 Å². The van der Waals surface area contributed by atoms with Gasteiger partial charge in [0.05, 0.1) is 31.8 Å². The molecule has 1 saturated heterocycles. The van der Waals surface area contributed by atoms with Crippen molar-refractivity contribution in [1.82, 2.24) is 82.7 Å².